The summed E-state index contributed by atoms with van der Waals surface area (Å²) in [5, 5.41) is 0. The molecule has 0 radical (unpaired) electrons. The van der Waals surface area contributed by atoms with Gasteiger partial charge in [-0.1, -0.05) is 54.1 Å². The van der Waals surface area contributed by atoms with E-state index in [-0.39, 0.29) is 5.92 Å². The molecule has 0 saturated heterocycles. The van der Waals surface area contributed by atoms with Crippen LogP contribution < -0.4 is 0 Å². The lowest BCUT2D eigenvalue weighted by atomic mass is 9.80. The third-order valence-corrected chi connectivity index (χ3v) is 4.36. The Hall–Kier alpha value is -1.67. The Balaban J connectivity index is 1.67. The minimum Gasteiger partial charge on any atom is -0.373 e. The monoisotopic (exact) mass is 298 g/mol. The number of hydrogen-bond donors (Lipinski definition) is 0. The van der Waals surface area contributed by atoms with Crippen LogP contribution in [0.1, 0.15) is 38.2 Å². The van der Waals surface area contributed by atoms with Crippen molar-refractivity contribution in [1.82, 2.24) is 0 Å². The van der Waals surface area contributed by atoms with Crippen LogP contribution in [0.25, 0.3) is 0 Å². The summed E-state index contributed by atoms with van der Waals surface area (Å²) in [6.45, 7) is 3.47. The van der Waals surface area contributed by atoms with Crippen molar-refractivity contribution in [1.29, 1.82) is 0 Å². The Bertz CT molecular complexity index is 502. The van der Waals surface area contributed by atoms with Crippen molar-refractivity contribution in [2.75, 3.05) is 6.61 Å². The summed E-state index contributed by atoms with van der Waals surface area (Å²) < 4.78 is 5.68. The maximum atomic E-state index is 11.1. The van der Waals surface area contributed by atoms with E-state index in [2.05, 4.69) is 37.3 Å². The van der Waals surface area contributed by atoms with E-state index in [9.17, 15) is 4.79 Å². The quantitative estimate of drug-likeness (QED) is 0.394. The summed E-state index contributed by atoms with van der Waals surface area (Å²) in [6.07, 6.45) is 11.8. The number of allylic oxidation sites excluding steroid dienone is 3. The second kappa shape index (κ2) is 9.37. The van der Waals surface area contributed by atoms with E-state index in [4.69, 9.17) is 4.74 Å². The smallest absolute Gasteiger partial charge is 0.123 e. The highest BCUT2D eigenvalue weighted by atomic mass is 16.5. The molecule has 0 spiro atoms. The van der Waals surface area contributed by atoms with Gasteiger partial charge in [-0.25, -0.2) is 0 Å². The fourth-order valence-electron chi connectivity index (χ4n) is 2.86. The zero-order chi connectivity index (χ0) is 15.6. The first-order chi connectivity index (χ1) is 10.8. The molecule has 0 fully saturated rings. The van der Waals surface area contributed by atoms with Crippen molar-refractivity contribution < 1.29 is 9.53 Å². The molecule has 0 amide bonds. The predicted molar refractivity (Wildman–Crippen MR) is 90.5 cm³/mol. The first kappa shape index (κ1) is 16.7. The molecule has 0 saturated carbocycles. The van der Waals surface area contributed by atoms with Gasteiger partial charge in [-0.15, -0.1) is 0 Å². The van der Waals surface area contributed by atoms with E-state index in [1.807, 2.05) is 18.2 Å². The zero-order valence-electron chi connectivity index (χ0n) is 13.4. The highest BCUT2D eigenvalue weighted by Gasteiger charge is 2.21. The molecule has 22 heavy (non-hydrogen) atoms. The Kier molecular flexibility index (Phi) is 7.11. The molecule has 0 N–H and O–H groups in total. The van der Waals surface area contributed by atoms with Crippen LogP contribution in [0, 0.1) is 11.8 Å². The van der Waals surface area contributed by atoms with Crippen LogP contribution in [-0.4, -0.2) is 12.9 Å². The number of carbonyl (C=O) groups is 1. The first-order valence-electron chi connectivity index (χ1n) is 8.17. The van der Waals surface area contributed by atoms with E-state index in [0.717, 1.165) is 32.0 Å². The van der Waals surface area contributed by atoms with Crippen molar-refractivity contribution in [2.24, 2.45) is 11.8 Å². The van der Waals surface area contributed by atoms with Gasteiger partial charge < -0.3 is 9.53 Å². The van der Waals surface area contributed by atoms with Gasteiger partial charge in [0.2, 0.25) is 0 Å². The Morgan fingerprint density at radius 1 is 1.23 bits per heavy atom. The Morgan fingerprint density at radius 3 is 2.77 bits per heavy atom. The van der Waals surface area contributed by atoms with Gasteiger partial charge in [0, 0.05) is 5.92 Å². The standard InChI is InChI=1S/C20H26O2/c1-17(11-12-19-9-5-6-10-20(19)15-21)13-14-22-16-18-7-3-2-4-8-18/h2-8,13,15,19-20H,9-12,14,16H2,1H3/b17-13+. The highest BCUT2D eigenvalue weighted by molar-refractivity contribution is 5.54. The van der Waals surface area contributed by atoms with E-state index in [1.54, 1.807) is 0 Å². The minimum absolute atomic E-state index is 0.215. The lowest BCUT2D eigenvalue weighted by Crippen LogP contribution is -2.18. The van der Waals surface area contributed by atoms with E-state index in [0.29, 0.717) is 19.1 Å². The molecule has 2 unspecified atom stereocenters. The topological polar surface area (TPSA) is 26.3 Å². The number of benzene rings is 1. The minimum atomic E-state index is 0.215. The molecule has 0 heterocycles. The molecule has 0 aliphatic heterocycles. The molecule has 1 aromatic rings. The molecule has 2 nitrogen and oxygen atoms in total. The average molecular weight is 298 g/mol. The van der Waals surface area contributed by atoms with Crippen LogP contribution in [0.15, 0.2) is 54.1 Å². The summed E-state index contributed by atoms with van der Waals surface area (Å²) in [4.78, 5) is 11.1. The van der Waals surface area contributed by atoms with E-state index in [1.165, 1.54) is 11.1 Å². The molecule has 2 atom stereocenters. The molecule has 118 valence electrons. The van der Waals surface area contributed by atoms with Crippen molar-refractivity contribution >= 4 is 6.29 Å². The lowest BCUT2D eigenvalue weighted by Gasteiger charge is -2.24. The second-order valence-electron chi connectivity index (χ2n) is 6.09. The lowest BCUT2D eigenvalue weighted by molar-refractivity contribution is -0.112. The fourth-order valence-corrected chi connectivity index (χ4v) is 2.86. The molecular weight excluding hydrogens is 272 g/mol. The van der Waals surface area contributed by atoms with Gasteiger partial charge in [-0.3, -0.25) is 0 Å². The normalized spacial score (nSPS) is 21.8. The van der Waals surface area contributed by atoms with Crippen molar-refractivity contribution in [3.63, 3.8) is 0 Å². The van der Waals surface area contributed by atoms with Gasteiger partial charge in [-0.05, 0) is 44.1 Å². The maximum Gasteiger partial charge on any atom is 0.123 e. The van der Waals surface area contributed by atoms with Crippen molar-refractivity contribution in [3.05, 3.63) is 59.7 Å². The number of ether oxygens (including phenoxy) is 1. The van der Waals surface area contributed by atoms with Gasteiger partial charge in [0.25, 0.3) is 0 Å². The van der Waals surface area contributed by atoms with Crippen LogP contribution in [0.5, 0.6) is 0 Å². The van der Waals surface area contributed by atoms with E-state index >= 15 is 0 Å². The van der Waals surface area contributed by atoms with Gasteiger partial charge in [0.1, 0.15) is 6.29 Å². The maximum absolute atomic E-state index is 11.1. The number of aldehydes is 1. The molecule has 1 aromatic carbocycles. The molecule has 2 heteroatoms. The van der Waals surface area contributed by atoms with Crippen LogP contribution in [0.2, 0.25) is 0 Å². The Labute approximate surface area is 133 Å². The number of rotatable bonds is 8. The predicted octanol–water partition coefficient (Wildman–Crippen LogP) is 4.71. The summed E-state index contributed by atoms with van der Waals surface area (Å²) >= 11 is 0. The number of carbonyl (C=O) groups excluding carboxylic acids is 1. The third kappa shape index (κ3) is 5.61. The zero-order valence-corrected chi connectivity index (χ0v) is 13.4. The number of hydrogen-bond acceptors (Lipinski definition) is 2. The third-order valence-electron chi connectivity index (χ3n) is 4.36. The second-order valence-corrected chi connectivity index (χ2v) is 6.09. The SMILES string of the molecule is C/C(=C\COCc1ccccc1)CCC1CC=CCC1C=O. The first-order valence-corrected chi connectivity index (χ1v) is 8.17. The van der Waals surface area contributed by atoms with Crippen LogP contribution in [-0.2, 0) is 16.1 Å². The van der Waals surface area contributed by atoms with Crippen LogP contribution >= 0.6 is 0 Å². The molecule has 2 rings (SSSR count). The van der Waals surface area contributed by atoms with E-state index < -0.39 is 0 Å². The Morgan fingerprint density at radius 2 is 2.00 bits per heavy atom. The van der Waals surface area contributed by atoms with Gasteiger partial charge in [-0.2, -0.15) is 0 Å². The van der Waals surface area contributed by atoms with Gasteiger partial charge >= 0.3 is 0 Å². The van der Waals surface area contributed by atoms with Crippen LogP contribution in [0.3, 0.4) is 0 Å². The van der Waals surface area contributed by atoms with Crippen molar-refractivity contribution in [3.8, 4) is 0 Å². The molecule has 0 aromatic heterocycles. The van der Waals surface area contributed by atoms with Gasteiger partial charge in [0.15, 0.2) is 0 Å². The molecular formula is C20H26O2. The summed E-state index contributed by atoms with van der Waals surface area (Å²) in [5.41, 5.74) is 2.56. The fraction of sp³-hybridized carbons (Fsp3) is 0.450. The highest BCUT2D eigenvalue weighted by Crippen LogP contribution is 2.29. The summed E-state index contributed by atoms with van der Waals surface area (Å²) in [6, 6.07) is 10.2. The molecule has 1 aliphatic carbocycles. The van der Waals surface area contributed by atoms with Gasteiger partial charge in [0.05, 0.1) is 13.2 Å². The summed E-state index contributed by atoms with van der Waals surface area (Å²) in [5.74, 6) is 0.725. The summed E-state index contributed by atoms with van der Waals surface area (Å²) in [7, 11) is 0. The van der Waals surface area contributed by atoms with Crippen molar-refractivity contribution in [2.45, 2.75) is 39.2 Å². The largest absolute Gasteiger partial charge is 0.373 e. The molecule has 1 aliphatic rings. The molecule has 0 bridgehead atoms. The average Bonchev–Trinajstić information content (AvgIpc) is 2.58. The van der Waals surface area contributed by atoms with Crippen LogP contribution in [0.4, 0.5) is 0 Å².